The van der Waals surface area contributed by atoms with E-state index in [0.717, 1.165) is 31.5 Å². The molecular weight excluding hydrogens is 342 g/mol. The molecule has 142 valence electrons. The predicted molar refractivity (Wildman–Crippen MR) is 104 cm³/mol. The molecule has 2 aromatic rings. The Labute approximate surface area is 159 Å². The van der Waals surface area contributed by atoms with E-state index in [0.29, 0.717) is 23.0 Å². The summed E-state index contributed by atoms with van der Waals surface area (Å²) >= 11 is 0. The lowest BCUT2D eigenvalue weighted by molar-refractivity contribution is 0.0677. The minimum absolute atomic E-state index is 0.121. The first-order valence-electron chi connectivity index (χ1n) is 9.20. The highest BCUT2D eigenvalue weighted by atomic mass is 16.5. The number of benzene rings is 1. The van der Waals surface area contributed by atoms with Crippen LogP contribution < -0.4 is 10.1 Å². The fourth-order valence-electron chi connectivity index (χ4n) is 3.32. The topological polar surface area (TPSA) is 71.5 Å². The number of pyridine rings is 1. The van der Waals surface area contributed by atoms with E-state index in [1.165, 1.54) is 0 Å². The number of nitrogens with one attached hydrogen (secondary N) is 1. The molecule has 0 aliphatic carbocycles. The zero-order valence-corrected chi connectivity index (χ0v) is 16.0. The summed E-state index contributed by atoms with van der Waals surface area (Å²) in [6.45, 7) is 5.55. The van der Waals surface area contributed by atoms with Gasteiger partial charge in [0.2, 0.25) is 0 Å². The van der Waals surface area contributed by atoms with Crippen molar-refractivity contribution in [1.29, 1.82) is 0 Å². The lowest BCUT2D eigenvalue weighted by Gasteiger charge is -2.30. The molecule has 0 saturated carbocycles. The van der Waals surface area contributed by atoms with Gasteiger partial charge in [0, 0.05) is 13.1 Å². The van der Waals surface area contributed by atoms with Gasteiger partial charge >= 0.3 is 0 Å². The Balaban J connectivity index is 1.78. The molecule has 3 rings (SSSR count). The number of aryl methyl sites for hydroxylation is 1. The fourth-order valence-corrected chi connectivity index (χ4v) is 3.32. The second-order valence-electron chi connectivity index (χ2n) is 7.06. The van der Waals surface area contributed by atoms with Crippen LogP contribution in [0.4, 0.5) is 5.69 Å². The molecule has 27 heavy (non-hydrogen) atoms. The van der Waals surface area contributed by atoms with Crippen LogP contribution in [-0.2, 0) is 0 Å². The number of ether oxygens (including phenoxy) is 1. The van der Waals surface area contributed by atoms with Crippen LogP contribution in [-0.4, -0.2) is 41.9 Å². The first-order chi connectivity index (χ1) is 13.0. The quantitative estimate of drug-likeness (QED) is 0.897. The standard InChI is InChI=1S/C21H25N3O3/c1-14-9-10-19(27-3)18(12-14)23-20(25)16-7-4-8-17(22-16)21(26)24-11-5-6-15(2)13-24/h4,7-10,12,15H,5-6,11,13H2,1-3H3,(H,23,25). The average Bonchev–Trinajstić information content (AvgIpc) is 2.67. The minimum Gasteiger partial charge on any atom is -0.495 e. The second-order valence-corrected chi connectivity index (χ2v) is 7.06. The molecule has 2 heterocycles. The number of aromatic nitrogens is 1. The molecule has 2 amide bonds. The van der Waals surface area contributed by atoms with Gasteiger partial charge in [0.15, 0.2) is 0 Å². The number of rotatable bonds is 4. The number of hydrogen-bond acceptors (Lipinski definition) is 4. The van der Waals surface area contributed by atoms with Crippen LogP contribution in [0.1, 0.15) is 46.3 Å². The summed E-state index contributed by atoms with van der Waals surface area (Å²) < 4.78 is 5.29. The van der Waals surface area contributed by atoms with Crippen LogP contribution in [0.15, 0.2) is 36.4 Å². The Morgan fingerprint density at radius 1 is 1.22 bits per heavy atom. The van der Waals surface area contributed by atoms with Gasteiger partial charge in [-0.05, 0) is 55.5 Å². The van der Waals surface area contributed by atoms with E-state index < -0.39 is 0 Å². The number of methoxy groups -OCH3 is 1. The Morgan fingerprint density at radius 3 is 2.74 bits per heavy atom. The highest BCUT2D eigenvalue weighted by Gasteiger charge is 2.23. The van der Waals surface area contributed by atoms with E-state index in [2.05, 4.69) is 17.2 Å². The smallest absolute Gasteiger partial charge is 0.274 e. The van der Waals surface area contributed by atoms with Crippen LogP contribution in [0.5, 0.6) is 5.75 Å². The van der Waals surface area contributed by atoms with Crippen molar-refractivity contribution in [3.05, 3.63) is 53.3 Å². The largest absolute Gasteiger partial charge is 0.495 e. The molecule has 0 spiro atoms. The van der Waals surface area contributed by atoms with E-state index in [-0.39, 0.29) is 17.5 Å². The van der Waals surface area contributed by atoms with Crippen molar-refractivity contribution in [2.75, 3.05) is 25.5 Å². The monoisotopic (exact) mass is 367 g/mol. The molecule has 6 heteroatoms. The maximum absolute atomic E-state index is 12.7. The van der Waals surface area contributed by atoms with Crippen LogP contribution >= 0.6 is 0 Å². The Bertz CT molecular complexity index is 850. The Hall–Kier alpha value is -2.89. The molecule has 1 aromatic carbocycles. The van der Waals surface area contributed by atoms with E-state index in [1.807, 2.05) is 24.0 Å². The van der Waals surface area contributed by atoms with Crippen molar-refractivity contribution in [2.24, 2.45) is 5.92 Å². The SMILES string of the molecule is COc1ccc(C)cc1NC(=O)c1cccc(C(=O)N2CCCC(C)C2)n1. The number of carbonyl (C=O) groups excluding carboxylic acids is 2. The molecule has 6 nitrogen and oxygen atoms in total. The first-order valence-corrected chi connectivity index (χ1v) is 9.20. The summed E-state index contributed by atoms with van der Waals surface area (Å²) in [6, 6.07) is 10.5. The van der Waals surface area contributed by atoms with Gasteiger partial charge in [-0.25, -0.2) is 4.98 Å². The maximum Gasteiger partial charge on any atom is 0.274 e. The number of carbonyl (C=O) groups is 2. The molecule has 0 bridgehead atoms. The summed E-state index contributed by atoms with van der Waals surface area (Å²) in [7, 11) is 1.55. The van der Waals surface area contributed by atoms with Gasteiger partial charge in [-0.3, -0.25) is 9.59 Å². The fraction of sp³-hybridized carbons (Fsp3) is 0.381. The summed E-state index contributed by atoms with van der Waals surface area (Å²) in [6.07, 6.45) is 2.14. The number of amides is 2. The summed E-state index contributed by atoms with van der Waals surface area (Å²) in [4.78, 5) is 31.5. The van der Waals surface area contributed by atoms with E-state index >= 15 is 0 Å². The van der Waals surface area contributed by atoms with Crippen molar-refractivity contribution in [2.45, 2.75) is 26.7 Å². The Morgan fingerprint density at radius 2 is 2.00 bits per heavy atom. The van der Waals surface area contributed by atoms with Crippen molar-refractivity contribution in [1.82, 2.24) is 9.88 Å². The molecule has 1 unspecified atom stereocenters. The second kappa shape index (κ2) is 8.20. The van der Waals surface area contributed by atoms with Crippen LogP contribution in [0.25, 0.3) is 0 Å². The van der Waals surface area contributed by atoms with Gasteiger partial charge in [0.25, 0.3) is 11.8 Å². The van der Waals surface area contributed by atoms with Crippen molar-refractivity contribution < 1.29 is 14.3 Å². The highest BCUT2D eigenvalue weighted by molar-refractivity contribution is 6.04. The van der Waals surface area contributed by atoms with Gasteiger partial charge in [0.1, 0.15) is 17.1 Å². The number of anilines is 1. The van der Waals surface area contributed by atoms with E-state index in [1.54, 1.807) is 31.4 Å². The van der Waals surface area contributed by atoms with Gasteiger partial charge in [-0.15, -0.1) is 0 Å². The zero-order chi connectivity index (χ0) is 19.4. The van der Waals surface area contributed by atoms with Crippen molar-refractivity contribution in [3.63, 3.8) is 0 Å². The molecule has 1 aliphatic rings. The van der Waals surface area contributed by atoms with Gasteiger partial charge in [-0.2, -0.15) is 0 Å². The van der Waals surface area contributed by atoms with Crippen molar-refractivity contribution in [3.8, 4) is 5.75 Å². The summed E-state index contributed by atoms with van der Waals surface area (Å²) in [5.74, 6) is 0.566. The lowest BCUT2D eigenvalue weighted by atomic mass is 10.00. The minimum atomic E-state index is -0.374. The molecule has 1 aliphatic heterocycles. The molecule has 1 atom stereocenters. The Kier molecular flexibility index (Phi) is 5.74. The first kappa shape index (κ1) is 18.9. The van der Waals surface area contributed by atoms with Gasteiger partial charge in [0.05, 0.1) is 12.8 Å². The molecule has 1 N–H and O–H groups in total. The van der Waals surface area contributed by atoms with Gasteiger partial charge < -0.3 is 15.0 Å². The van der Waals surface area contributed by atoms with Crippen LogP contribution in [0.2, 0.25) is 0 Å². The molecule has 1 fully saturated rings. The van der Waals surface area contributed by atoms with Gasteiger partial charge in [-0.1, -0.05) is 19.1 Å². The predicted octanol–water partition coefficient (Wildman–Crippen LogP) is 3.52. The number of piperidine rings is 1. The third-order valence-electron chi connectivity index (χ3n) is 4.75. The van der Waals surface area contributed by atoms with Crippen molar-refractivity contribution >= 4 is 17.5 Å². The number of nitrogens with zero attached hydrogens (tertiary/aromatic N) is 2. The lowest BCUT2D eigenvalue weighted by Crippen LogP contribution is -2.39. The average molecular weight is 367 g/mol. The molecule has 1 saturated heterocycles. The zero-order valence-electron chi connectivity index (χ0n) is 16.0. The van der Waals surface area contributed by atoms with E-state index in [9.17, 15) is 9.59 Å². The normalized spacial score (nSPS) is 16.7. The molecule has 1 aromatic heterocycles. The highest BCUT2D eigenvalue weighted by Crippen LogP contribution is 2.25. The molecular formula is C21H25N3O3. The van der Waals surface area contributed by atoms with Crippen LogP contribution in [0.3, 0.4) is 0 Å². The third-order valence-corrected chi connectivity index (χ3v) is 4.75. The molecule has 0 radical (unpaired) electrons. The maximum atomic E-state index is 12.7. The summed E-state index contributed by atoms with van der Waals surface area (Å²) in [5.41, 5.74) is 2.08. The summed E-state index contributed by atoms with van der Waals surface area (Å²) in [5, 5.41) is 2.82. The third kappa shape index (κ3) is 4.45. The number of likely N-dealkylation sites (tertiary alicyclic amines) is 1. The number of hydrogen-bond donors (Lipinski definition) is 1. The van der Waals surface area contributed by atoms with E-state index in [4.69, 9.17) is 4.74 Å². The van der Waals surface area contributed by atoms with Crippen LogP contribution in [0, 0.1) is 12.8 Å².